The molecule has 0 aliphatic heterocycles. The summed E-state index contributed by atoms with van der Waals surface area (Å²) >= 11 is 0. The first kappa shape index (κ1) is 14.4. The van der Waals surface area contributed by atoms with Gasteiger partial charge in [0.2, 0.25) is 5.91 Å². The molecule has 6 heteroatoms. The molecule has 1 rings (SSSR count). The predicted octanol–water partition coefficient (Wildman–Crippen LogP) is 0.311. The van der Waals surface area contributed by atoms with E-state index >= 15 is 0 Å². The molecule has 1 heterocycles. The van der Waals surface area contributed by atoms with Crippen molar-refractivity contribution in [1.82, 2.24) is 9.88 Å². The van der Waals surface area contributed by atoms with Crippen molar-refractivity contribution >= 4 is 11.7 Å². The van der Waals surface area contributed by atoms with E-state index in [0.29, 0.717) is 18.3 Å². The van der Waals surface area contributed by atoms with Crippen LogP contribution in [0.25, 0.3) is 0 Å². The third-order valence-electron chi connectivity index (χ3n) is 2.38. The number of pyridine rings is 1. The van der Waals surface area contributed by atoms with Crippen molar-refractivity contribution < 1.29 is 4.79 Å². The Morgan fingerprint density at radius 2 is 2.22 bits per heavy atom. The van der Waals surface area contributed by atoms with Gasteiger partial charge in [0.15, 0.2) is 0 Å². The van der Waals surface area contributed by atoms with Crippen molar-refractivity contribution in [3.8, 4) is 0 Å². The van der Waals surface area contributed by atoms with Gasteiger partial charge in [-0.25, -0.2) is 10.8 Å². The molecule has 0 spiro atoms. The lowest BCUT2D eigenvalue weighted by atomic mass is 10.2. The molecule has 18 heavy (non-hydrogen) atoms. The van der Waals surface area contributed by atoms with Crippen LogP contribution in [0.1, 0.15) is 19.4 Å². The number of hydrazine groups is 1. The number of carbonyl (C=O) groups is 1. The van der Waals surface area contributed by atoms with Crippen LogP contribution >= 0.6 is 0 Å². The standard InChI is InChI=1S/C12H21N5O/c1-9(2)6-17(8-11(13)18)7-10-3-4-12(16-14)15-5-10/h3-5,9H,6-8,14H2,1-2H3,(H2,13,18)(H,15,16). The minimum Gasteiger partial charge on any atom is -0.369 e. The largest absolute Gasteiger partial charge is 0.369 e. The molecule has 0 saturated carbocycles. The molecule has 1 aromatic rings. The zero-order valence-corrected chi connectivity index (χ0v) is 10.9. The Bertz CT molecular complexity index is 377. The number of hydrogen-bond acceptors (Lipinski definition) is 5. The Labute approximate surface area is 107 Å². The molecule has 0 saturated heterocycles. The van der Waals surface area contributed by atoms with Gasteiger partial charge in [-0.15, -0.1) is 0 Å². The first-order valence-corrected chi connectivity index (χ1v) is 5.93. The summed E-state index contributed by atoms with van der Waals surface area (Å²) in [4.78, 5) is 17.2. The molecule has 0 bridgehead atoms. The van der Waals surface area contributed by atoms with Crippen LogP contribution in [-0.4, -0.2) is 28.9 Å². The smallest absolute Gasteiger partial charge is 0.231 e. The Morgan fingerprint density at radius 1 is 1.50 bits per heavy atom. The molecule has 1 aromatic heterocycles. The van der Waals surface area contributed by atoms with Crippen LogP contribution in [0.5, 0.6) is 0 Å². The van der Waals surface area contributed by atoms with Gasteiger partial charge >= 0.3 is 0 Å². The van der Waals surface area contributed by atoms with Crippen LogP contribution in [0.2, 0.25) is 0 Å². The Morgan fingerprint density at radius 3 is 2.67 bits per heavy atom. The highest BCUT2D eigenvalue weighted by molar-refractivity contribution is 5.75. The molecule has 0 aliphatic rings. The minimum atomic E-state index is -0.316. The molecular weight excluding hydrogens is 230 g/mol. The normalized spacial score (nSPS) is 10.9. The fraction of sp³-hybridized carbons (Fsp3) is 0.500. The van der Waals surface area contributed by atoms with Crippen LogP contribution < -0.4 is 17.0 Å². The first-order chi connectivity index (χ1) is 8.51. The molecule has 0 atom stereocenters. The fourth-order valence-electron chi connectivity index (χ4n) is 1.78. The maximum absolute atomic E-state index is 11.0. The van der Waals surface area contributed by atoms with E-state index in [1.807, 2.05) is 11.0 Å². The number of nitrogen functional groups attached to an aromatic ring is 1. The zero-order chi connectivity index (χ0) is 13.5. The summed E-state index contributed by atoms with van der Waals surface area (Å²) in [5.74, 6) is 6.02. The van der Waals surface area contributed by atoms with Crippen LogP contribution in [0.4, 0.5) is 5.82 Å². The van der Waals surface area contributed by atoms with Crippen molar-refractivity contribution in [3.05, 3.63) is 23.9 Å². The predicted molar refractivity (Wildman–Crippen MR) is 71.4 cm³/mol. The van der Waals surface area contributed by atoms with Gasteiger partial charge in [0.25, 0.3) is 0 Å². The van der Waals surface area contributed by atoms with E-state index in [9.17, 15) is 4.79 Å². The van der Waals surface area contributed by atoms with E-state index in [1.165, 1.54) is 0 Å². The third-order valence-corrected chi connectivity index (χ3v) is 2.38. The number of anilines is 1. The molecule has 0 unspecified atom stereocenters. The fourth-order valence-corrected chi connectivity index (χ4v) is 1.78. The van der Waals surface area contributed by atoms with Gasteiger partial charge in [-0.1, -0.05) is 19.9 Å². The summed E-state index contributed by atoms with van der Waals surface area (Å²) in [5, 5.41) is 0. The topological polar surface area (TPSA) is 97.3 Å². The second kappa shape index (κ2) is 6.93. The SMILES string of the molecule is CC(C)CN(CC(N)=O)Cc1ccc(NN)nc1. The number of primary amides is 1. The molecule has 5 N–H and O–H groups in total. The van der Waals surface area contributed by atoms with Gasteiger partial charge in [-0.3, -0.25) is 9.69 Å². The van der Waals surface area contributed by atoms with Gasteiger partial charge in [-0.05, 0) is 17.5 Å². The zero-order valence-electron chi connectivity index (χ0n) is 10.9. The summed E-state index contributed by atoms with van der Waals surface area (Å²) in [6.07, 6.45) is 1.74. The number of amides is 1. The monoisotopic (exact) mass is 251 g/mol. The Kier molecular flexibility index (Phi) is 5.54. The number of hydrogen-bond donors (Lipinski definition) is 3. The van der Waals surface area contributed by atoms with Gasteiger partial charge in [-0.2, -0.15) is 0 Å². The quantitative estimate of drug-likeness (QED) is 0.478. The molecule has 0 fully saturated rings. The number of nitrogens with one attached hydrogen (secondary N) is 1. The lowest BCUT2D eigenvalue weighted by Crippen LogP contribution is -2.35. The average molecular weight is 251 g/mol. The van der Waals surface area contributed by atoms with E-state index in [2.05, 4.69) is 24.3 Å². The van der Waals surface area contributed by atoms with E-state index in [1.54, 1.807) is 12.3 Å². The number of carbonyl (C=O) groups excluding carboxylic acids is 1. The number of nitrogens with zero attached hydrogens (tertiary/aromatic N) is 2. The van der Waals surface area contributed by atoms with Crippen molar-refractivity contribution in [2.75, 3.05) is 18.5 Å². The Hall–Kier alpha value is -1.66. The molecule has 0 aromatic carbocycles. The first-order valence-electron chi connectivity index (χ1n) is 5.93. The number of aromatic nitrogens is 1. The van der Waals surface area contributed by atoms with Crippen LogP contribution in [-0.2, 0) is 11.3 Å². The number of rotatable bonds is 7. The maximum Gasteiger partial charge on any atom is 0.231 e. The minimum absolute atomic E-state index is 0.259. The highest BCUT2D eigenvalue weighted by Gasteiger charge is 2.11. The second-order valence-corrected chi connectivity index (χ2v) is 4.73. The van der Waals surface area contributed by atoms with Gasteiger partial charge < -0.3 is 11.2 Å². The van der Waals surface area contributed by atoms with E-state index in [0.717, 1.165) is 12.1 Å². The summed E-state index contributed by atoms with van der Waals surface area (Å²) in [6.45, 7) is 5.94. The van der Waals surface area contributed by atoms with Gasteiger partial charge in [0.1, 0.15) is 5.82 Å². The number of nitrogens with two attached hydrogens (primary N) is 2. The summed E-state index contributed by atoms with van der Waals surface area (Å²) in [7, 11) is 0. The summed E-state index contributed by atoms with van der Waals surface area (Å²) in [6, 6.07) is 3.73. The average Bonchev–Trinajstić information content (AvgIpc) is 2.28. The van der Waals surface area contributed by atoms with Crippen LogP contribution in [0.15, 0.2) is 18.3 Å². The maximum atomic E-state index is 11.0. The van der Waals surface area contributed by atoms with E-state index in [-0.39, 0.29) is 12.5 Å². The summed E-state index contributed by atoms with van der Waals surface area (Å²) in [5.41, 5.74) is 8.74. The van der Waals surface area contributed by atoms with Crippen molar-refractivity contribution in [2.24, 2.45) is 17.5 Å². The van der Waals surface area contributed by atoms with Gasteiger partial charge in [0.05, 0.1) is 6.54 Å². The van der Waals surface area contributed by atoms with E-state index in [4.69, 9.17) is 11.6 Å². The highest BCUT2D eigenvalue weighted by atomic mass is 16.1. The van der Waals surface area contributed by atoms with Crippen LogP contribution in [0, 0.1) is 5.92 Å². The van der Waals surface area contributed by atoms with Crippen molar-refractivity contribution in [2.45, 2.75) is 20.4 Å². The second-order valence-electron chi connectivity index (χ2n) is 4.73. The molecule has 100 valence electrons. The molecule has 0 radical (unpaired) electrons. The van der Waals surface area contributed by atoms with Gasteiger partial charge in [0, 0.05) is 19.3 Å². The van der Waals surface area contributed by atoms with Crippen molar-refractivity contribution in [1.29, 1.82) is 0 Å². The third kappa shape index (κ3) is 5.11. The van der Waals surface area contributed by atoms with Crippen LogP contribution in [0.3, 0.4) is 0 Å². The van der Waals surface area contributed by atoms with E-state index < -0.39 is 0 Å². The molecule has 6 nitrogen and oxygen atoms in total. The lowest BCUT2D eigenvalue weighted by molar-refractivity contribution is -0.119. The summed E-state index contributed by atoms with van der Waals surface area (Å²) < 4.78 is 0. The van der Waals surface area contributed by atoms with Crippen molar-refractivity contribution in [3.63, 3.8) is 0 Å². The molecule has 1 amide bonds. The lowest BCUT2D eigenvalue weighted by Gasteiger charge is -2.22. The highest BCUT2D eigenvalue weighted by Crippen LogP contribution is 2.08. The Balaban J connectivity index is 2.65. The molecular formula is C12H21N5O. The molecule has 0 aliphatic carbocycles.